The molecule has 96 valence electrons. The van der Waals surface area contributed by atoms with Crippen LogP contribution >= 0.6 is 0 Å². The van der Waals surface area contributed by atoms with E-state index in [0.717, 1.165) is 37.2 Å². The van der Waals surface area contributed by atoms with Gasteiger partial charge >= 0.3 is 5.97 Å². The Morgan fingerprint density at radius 2 is 2.00 bits per heavy atom. The molecule has 0 saturated heterocycles. The average Bonchev–Trinajstić information content (AvgIpc) is 2.74. The maximum Gasteiger partial charge on any atom is 0.336 e. The molecular formula is C13H16N2O3. The standard InChI is InChI=1S/C13H16N2O3/c1-8-11(7-18-13(8)17)15-6-9-2-4-14-5-3-10(9)12(15)16/h14H,2-7H2,1H3. The third-order valence-electron chi connectivity index (χ3n) is 3.84. The molecule has 1 amide bonds. The first-order chi connectivity index (χ1) is 8.68. The van der Waals surface area contributed by atoms with E-state index >= 15 is 0 Å². The van der Waals surface area contributed by atoms with Gasteiger partial charge in [0.1, 0.15) is 6.61 Å². The second kappa shape index (κ2) is 4.24. The molecule has 5 heteroatoms. The van der Waals surface area contributed by atoms with E-state index < -0.39 is 0 Å². The van der Waals surface area contributed by atoms with Crippen LogP contribution in [0.2, 0.25) is 0 Å². The maximum absolute atomic E-state index is 12.4. The van der Waals surface area contributed by atoms with Gasteiger partial charge in [0.25, 0.3) is 5.91 Å². The number of ether oxygens (including phenoxy) is 1. The second-order valence-corrected chi connectivity index (χ2v) is 4.87. The van der Waals surface area contributed by atoms with Crippen LogP contribution in [0.1, 0.15) is 19.8 Å². The van der Waals surface area contributed by atoms with Crippen molar-refractivity contribution >= 4 is 11.9 Å². The van der Waals surface area contributed by atoms with Crippen LogP contribution in [0.25, 0.3) is 0 Å². The molecule has 0 radical (unpaired) electrons. The van der Waals surface area contributed by atoms with Gasteiger partial charge in [-0.25, -0.2) is 4.79 Å². The van der Waals surface area contributed by atoms with E-state index in [0.29, 0.717) is 12.1 Å². The molecule has 0 unspecified atom stereocenters. The summed E-state index contributed by atoms with van der Waals surface area (Å²) in [7, 11) is 0. The molecule has 18 heavy (non-hydrogen) atoms. The Balaban J connectivity index is 1.87. The van der Waals surface area contributed by atoms with Crippen molar-refractivity contribution in [1.29, 1.82) is 0 Å². The van der Waals surface area contributed by atoms with Gasteiger partial charge in [-0.1, -0.05) is 0 Å². The van der Waals surface area contributed by atoms with Crippen LogP contribution in [-0.2, 0) is 14.3 Å². The molecular weight excluding hydrogens is 232 g/mol. The van der Waals surface area contributed by atoms with Gasteiger partial charge in [0, 0.05) is 12.1 Å². The molecule has 0 saturated carbocycles. The van der Waals surface area contributed by atoms with E-state index in [4.69, 9.17) is 4.74 Å². The van der Waals surface area contributed by atoms with E-state index in [-0.39, 0.29) is 18.5 Å². The number of nitrogens with zero attached hydrogens (tertiary/aromatic N) is 1. The van der Waals surface area contributed by atoms with Crippen molar-refractivity contribution in [2.75, 3.05) is 26.2 Å². The number of rotatable bonds is 1. The maximum atomic E-state index is 12.4. The fraction of sp³-hybridized carbons (Fsp3) is 0.538. The number of nitrogens with one attached hydrogen (secondary N) is 1. The SMILES string of the molecule is CC1=C(N2CC3=C(CCNCC3)C2=O)COC1=O. The quantitative estimate of drug-likeness (QED) is 0.680. The molecule has 0 aromatic rings. The van der Waals surface area contributed by atoms with Gasteiger partial charge < -0.3 is 15.0 Å². The van der Waals surface area contributed by atoms with Gasteiger partial charge in [-0.3, -0.25) is 4.79 Å². The Kier molecular flexibility index (Phi) is 2.70. The van der Waals surface area contributed by atoms with Crippen molar-refractivity contribution in [3.63, 3.8) is 0 Å². The van der Waals surface area contributed by atoms with Gasteiger partial charge in [-0.05, 0) is 38.4 Å². The topological polar surface area (TPSA) is 58.6 Å². The third kappa shape index (κ3) is 1.66. The molecule has 1 N–H and O–H groups in total. The number of carbonyl (C=O) groups excluding carboxylic acids is 2. The zero-order chi connectivity index (χ0) is 12.7. The lowest BCUT2D eigenvalue weighted by atomic mass is 10.1. The number of esters is 1. The van der Waals surface area contributed by atoms with Gasteiger partial charge in [0.05, 0.1) is 11.3 Å². The molecule has 0 bridgehead atoms. The Morgan fingerprint density at radius 3 is 2.72 bits per heavy atom. The van der Waals surface area contributed by atoms with E-state index in [1.54, 1.807) is 11.8 Å². The highest BCUT2D eigenvalue weighted by molar-refractivity contribution is 6.00. The summed E-state index contributed by atoms with van der Waals surface area (Å²) >= 11 is 0. The highest BCUT2D eigenvalue weighted by Gasteiger charge is 2.36. The van der Waals surface area contributed by atoms with E-state index in [1.807, 2.05) is 0 Å². The summed E-state index contributed by atoms with van der Waals surface area (Å²) in [5, 5.41) is 3.29. The lowest BCUT2D eigenvalue weighted by molar-refractivity contribution is -0.136. The molecule has 0 aromatic heterocycles. The van der Waals surface area contributed by atoms with Crippen molar-refractivity contribution in [1.82, 2.24) is 10.2 Å². The second-order valence-electron chi connectivity index (χ2n) is 4.87. The van der Waals surface area contributed by atoms with Crippen molar-refractivity contribution in [2.45, 2.75) is 19.8 Å². The first-order valence-electron chi connectivity index (χ1n) is 6.29. The molecule has 5 nitrogen and oxygen atoms in total. The third-order valence-corrected chi connectivity index (χ3v) is 3.84. The highest BCUT2D eigenvalue weighted by Crippen LogP contribution is 2.31. The molecule has 0 spiro atoms. The van der Waals surface area contributed by atoms with Crippen LogP contribution in [0.3, 0.4) is 0 Å². The zero-order valence-electron chi connectivity index (χ0n) is 10.4. The predicted octanol–water partition coefficient (Wildman–Crippen LogP) is 0.339. The minimum atomic E-state index is -0.304. The fourth-order valence-electron chi connectivity index (χ4n) is 2.73. The van der Waals surface area contributed by atoms with E-state index in [2.05, 4.69) is 5.32 Å². The lowest BCUT2D eigenvalue weighted by Gasteiger charge is -2.18. The molecule has 3 heterocycles. The van der Waals surface area contributed by atoms with E-state index in [9.17, 15) is 9.59 Å². The number of amides is 1. The molecule has 0 atom stereocenters. The number of hydrogen-bond acceptors (Lipinski definition) is 4. The minimum Gasteiger partial charge on any atom is -0.456 e. The van der Waals surface area contributed by atoms with Crippen molar-refractivity contribution in [2.24, 2.45) is 0 Å². The van der Waals surface area contributed by atoms with Gasteiger partial charge in [0.15, 0.2) is 0 Å². The Bertz CT molecular complexity index is 490. The fourth-order valence-corrected chi connectivity index (χ4v) is 2.73. The largest absolute Gasteiger partial charge is 0.456 e. The average molecular weight is 248 g/mol. The van der Waals surface area contributed by atoms with Crippen LogP contribution in [0.15, 0.2) is 22.4 Å². The molecule has 3 aliphatic rings. The Hall–Kier alpha value is -1.62. The van der Waals surface area contributed by atoms with Crippen LogP contribution in [0, 0.1) is 0 Å². The van der Waals surface area contributed by atoms with Crippen LogP contribution in [-0.4, -0.2) is 43.0 Å². The van der Waals surface area contributed by atoms with Crippen LogP contribution < -0.4 is 5.32 Å². The first-order valence-corrected chi connectivity index (χ1v) is 6.29. The number of cyclic esters (lactones) is 1. The summed E-state index contributed by atoms with van der Waals surface area (Å²) < 4.78 is 4.98. The monoisotopic (exact) mass is 248 g/mol. The lowest BCUT2D eigenvalue weighted by Crippen LogP contribution is -2.29. The summed E-state index contributed by atoms with van der Waals surface area (Å²) in [6.07, 6.45) is 1.70. The summed E-state index contributed by atoms with van der Waals surface area (Å²) in [4.78, 5) is 25.5. The zero-order valence-corrected chi connectivity index (χ0v) is 10.4. The molecule has 3 aliphatic heterocycles. The molecule has 0 aromatic carbocycles. The highest BCUT2D eigenvalue weighted by atomic mass is 16.5. The van der Waals surface area contributed by atoms with Gasteiger partial charge in [-0.2, -0.15) is 0 Å². The van der Waals surface area contributed by atoms with Crippen LogP contribution in [0.5, 0.6) is 0 Å². The Labute approximate surface area is 105 Å². The molecule has 0 fully saturated rings. The summed E-state index contributed by atoms with van der Waals surface area (Å²) in [5.74, 6) is -0.247. The summed E-state index contributed by atoms with van der Waals surface area (Å²) in [6, 6.07) is 0. The number of carbonyl (C=O) groups is 2. The number of hydrogen-bond donors (Lipinski definition) is 1. The molecule has 0 aliphatic carbocycles. The van der Waals surface area contributed by atoms with Crippen molar-refractivity contribution in [3.05, 3.63) is 22.4 Å². The van der Waals surface area contributed by atoms with E-state index in [1.165, 1.54) is 5.57 Å². The summed E-state index contributed by atoms with van der Waals surface area (Å²) in [6.45, 7) is 4.36. The van der Waals surface area contributed by atoms with Crippen LogP contribution in [0.4, 0.5) is 0 Å². The summed E-state index contributed by atoms with van der Waals surface area (Å²) in [5.41, 5.74) is 3.45. The Morgan fingerprint density at radius 1 is 1.22 bits per heavy atom. The molecule has 3 rings (SSSR count). The van der Waals surface area contributed by atoms with Gasteiger partial charge in [-0.15, -0.1) is 0 Å². The normalized spacial score (nSPS) is 24.6. The first kappa shape index (κ1) is 11.5. The smallest absolute Gasteiger partial charge is 0.336 e. The van der Waals surface area contributed by atoms with Crippen molar-refractivity contribution < 1.29 is 14.3 Å². The van der Waals surface area contributed by atoms with Gasteiger partial charge in [0.2, 0.25) is 0 Å². The van der Waals surface area contributed by atoms with Crippen molar-refractivity contribution in [3.8, 4) is 0 Å². The minimum absolute atomic E-state index is 0.0568. The predicted molar refractivity (Wildman–Crippen MR) is 64.5 cm³/mol.